The molecule has 1 aromatic carbocycles. The Kier molecular flexibility index (Phi) is 6.69. The lowest BCUT2D eigenvalue weighted by Gasteiger charge is -2.31. The quantitative estimate of drug-likeness (QED) is 0.790. The van der Waals surface area contributed by atoms with Gasteiger partial charge in [-0.1, -0.05) is 12.1 Å². The molecule has 6 nitrogen and oxygen atoms in total. The van der Waals surface area contributed by atoms with E-state index in [1.54, 1.807) is 11.4 Å². The summed E-state index contributed by atoms with van der Waals surface area (Å²) in [5.74, 6) is 1.46. The van der Waals surface area contributed by atoms with Gasteiger partial charge in [0.2, 0.25) is 5.91 Å². The number of hydrogen-bond donors (Lipinski definition) is 1. The summed E-state index contributed by atoms with van der Waals surface area (Å²) >= 11 is 1.37. The largest absolute Gasteiger partial charge is 0.490 e. The van der Waals surface area contributed by atoms with Crippen molar-refractivity contribution in [3.8, 4) is 17.6 Å². The van der Waals surface area contributed by atoms with Crippen LogP contribution in [0.1, 0.15) is 25.3 Å². The fourth-order valence-corrected chi connectivity index (χ4v) is 3.80. The van der Waals surface area contributed by atoms with Crippen LogP contribution in [0.2, 0.25) is 0 Å². The van der Waals surface area contributed by atoms with E-state index in [0.717, 1.165) is 37.4 Å². The average Bonchev–Trinajstić information content (AvgIpc) is 3.12. The number of nitrogens with zero attached hydrogens (tertiary/aromatic N) is 2. The molecule has 0 unspecified atom stereocenters. The maximum absolute atomic E-state index is 12.2. The molecule has 1 aromatic heterocycles. The number of ether oxygens (including phenoxy) is 2. The lowest BCUT2D eigenvalue weighted by Crippen LogP contribution is -2.42. The van der Waals surface area contributed by atoms with Crippen LogP contribution in [0.15, 0.2) is 35.7 Å². The first kappa shape index (κ1) is 19.2. The van der Waals surface area contributed by atoms with Gasteiger partial charge in [-0.25, -0.2) is 0 Å². The van der Waals surface area contributed by atoms with E-state index in [4.69, 9.17) is 14.7 Å². The molecule has 27 heavy (non-hydrogen) atoms. The van der Waals surface area contributed by atoms with E-state index in [1.165, 1.54) is 11.3 Å². The molecule has 1 N–H and O–H groups in total. The molecule has 0 atom stereocenters. The molecule has 0 radical (unpaired) electrons. The fraction of sp³-hybridized carbons (Fsp3) is 0.400. The summed E-state index contributed by atoms with van der Waals surface area (Å²) in [4.78, 5) is 14.3. The molecule has 3 rings (SSSR count). The van der Waals surface area contributed by atoms with Gasteiger partial charge < -0.3 is 14.8 Å². The predicted octanol–water partition coefficient (Wildman–Crippen LogP) is 3.50. The van der Waals surface area contributed by atoms with Crippen molar-refractivity contribution in [2.24, 2.45) is 0 Å². The lowest BCUT2D eigenvalue weighted by atomic mass is 10.1. The number of piperidine rings is 1. The van der Waals surface area contributed by atoms with Gasteiger partial charge in [0, 0.05) is 13.1 Å². The number of nitrogens with one attached hydrogen (secondary N) is 1. The third-order valence-electron chi connectivity index (χ3n) is 4.38. The Morgan fingerprint density at radius 3 is 2.74 bits per heavy atom. The lowest BCUT2D eigenvalue weighted by molar-refractivity contribution is -0.117. The van der Waals surface area contributed by atoms with Crippen LogP contribution in [-0.2, 0) is 4.79 Å². The van der Waals surface area contributed by atoms with Gasteiger partial charge in [0.25, 0.3) is 0 Å². The number of rotatable bonds is 7. The van der Waals surface area contributed by atoms with E-state index in [0.29, 0.717) is 23.7 Å². The maximum Gasteiger partial charge on any atom is 0.239 e. The number of carbonyl (C=O) groups excluding carboxylic acids is 1. The van der Waals surface area contributed by atoms with Gasteiger partial charge >= 0.3 is 0 Å². The minimum atomic E-state index is -0.0880. The van der Waals surface area contributed by atoms with Crippen molar-refractivity contribution >= 4 is 22.2 Å². The zero-order chi connectivity index (χ0) is 19.1. The zero-order valence-electron chi connectivity index (χ0n) is 15.3. The molecule has 0 spiro atoms. The average molecular weight is 385 g/mol. The van der Waals surface area contributed by atoms with Crippen LogP contribution in [0, 0.1) is 11.3 Å². The monoisotopic (exact) mass is 385 g/mol. The minimum Gasteiger partial charge on any atom is -0.490 e. The standard InChI is InChI=1S/C20H23N3O3S/c1-2-25-17-5-3-4-6-18(17)26-16-7-10-23(11-8-16)14-19(24)22-20-15(13-21)9-12-27-20/h3-6,9,12,16H,2,7-8,10-11,14H2,1H3,(H,22,24). The van der Waals surface area contributed by atoms with Crippen LogP contribution in [0.25, 0.3) is 0 Å². The topological polar surface area (TPSA) is 74.6 Å². The van der Waals surface area contributed by atoms with Crippen LogP contribution in [0.5, 0.6) is 11.5 Å². The Balaban J connectivity index is 1.46. The van der Waals surface area contributed by atoms with E-state index in [9.17, 15) is 4.79 Å². The van der Waals surface area contributed by atoms with Gasteiger partial charge in [0.15, 0.2) is 11.5 Å². The first-order valence-corrected chi connectivity index (χ1v) is 9.96. The molecule has 0 aliphatic carbocycles. The maximum atomic E-state index is 12.2. The number of amides is 1. The normalized spacial score (nSPS) is 15.1. The van der Waals surface area contributed by atoms with E-state index in [-0.39, 0.29) is 12.0 Å². The number of para-hydroxylation sites is 2. The Hall–Kier alpha value is -2.56. The third-order valence-corrected chi connectivity index (χ3v) is 5.21. The summed E-state index contributed by atoms with van der Waals surface area (Å²) in [6.45, 7) is 4.47. The number of hydrogen-bond acceptors (Lipinski definition) is 6. The summed E-state index contributed by atoms with van der Waals surface area (Å²) in [5.41, 5.74) is 0.508. The van der Waals surface area contributed by atoms with Crippen molar-refractivity contribution in [1.82, 2.24) is 4.90 Å². The van der Waals surface area contributed by atoms with Crippen molar-refractivity contribution in [3.63, 3.8) is 0 Å². The molecular weight excluding hydrogens is 362 g/mol. The zero-order valence-corrected chi connectivity index (χ0v) is 16.1. The highest BCUT2D eigenvalue weighted by atomic mass is 32.1. The number of nitriles is 1. The highest BCUT2D eigenvalue weighted by molar-refractivity contribution is 7.14. The van der Waals surface area contributed by atoms with E-state index < -0.39 is 0 Å². The molecule has 1 fully saturated rings. The summed E-state index contributed by atoms with van der Waals surface area (Å²) < 4.78 is 11.7. The minimum absolute atomic E-state index is 0.0880. The molecule has 2 aromatic rings. The van der Waals surface area contributed by atoms with Crippen molar-refractivity contribution in [1.29, 1.82) is 5.26 Å². The van der Waals surface area contributed by atoms with Crippen LogP contribution in [0.3, 0.4) is 0 Å². The van der Waals surface area contributed by atoms with Gasteiger partial charge in [-0.2, -0.15) is 5.26 Å². The number of carbonyl (C=O) groups is 1. The highest BCUT2D eigenvalue weighted by Crippen LogP contribution is 2.29. The van der Waals surface area contributed by atoms with E-state index >= 15 is 0 Å². The molecule has 2 heterocycles. The molecule has 142 valence electrons. The number of likely N-dealkylation sites (tertiary alicyclic amines) is 1. The van der Waals surface area contributed by atoms with Gasteiger partial charge in [-0.15, -0.1) is 11.3 Å². The van der Waals surface area contributed by atoms with Crippen molar-refractivity contribution < 1.29 is 14.3 Å². The van der Waals surface area contributed by atoms with Crippen LogP contribution >= 0.6 is 11.3 Å². The summed E-state index contributed by atoms with van der Waals surface area (Å²) in [6, 6.07) is 11.5. The van der Waals surface area contributed by atoms with Crippen molar-refractivity contribution in [2.45, 2.75) is 25.9 Å². The molecule has 0 bridgehead atoms. The summed E-state index contributed by atoms with van der Waals surface area (Å²) in [5, 5.41) is 14.3. The van der Waals surface area contributed by atoms with Crippen LogP contribution in [-0.4, -0.2) is 43.2 Å². The number of anilines is 1. The van der Waals surface area contributed by atoms with Crippen LogP contribution < -0.4 is 14.8 Å². The van der Waals surface area contributed by atoms with Gasteiger partial charge in [-0.3, -0.25) is 9.69 Å². The highest BCUT2D eigenvalue weighted by Gasteiger charge is 2.23. The fourth-order valence-electron chi connectivity index (χ4n) is 3.05. The second kappa shape index (κ2) is 9.40. The van der Waals surface area contributed by atoms with Gasteiger partial charge in [0.05, 0.1) is 18.7 Å². The molecule has 1 saturated heterocycles. The Labute approximate surface area is 163 Å². The number of thiophene rings is 1. The molecule has 7 heteroatoms. The Morgan fingerprint density at radius 1 is 1.30 bits per heavy atom. The van der Waals surface area contributed by atoms with Crippen molar-refractivity contribution in [2.75, 3.05) is 31.6 Å². The molecule has 1 aliphatic heterocycles. The van der Waals surface area contributed by atoms with E-state index in [1.807, 2.05) is 31.2 Å². The SMILES string of the molecule is CCOc1ccccc1OC1CCN(CC(=O)Nc2sccc2C#N)CC1. The molecular formula is C20H23N3O3S. The van der Waals surface area contributed by atoms with Crippen LogP contribution in [0.4, 0.5) is 5.00 Å². The summed E-state index contributed by atoms with van der Waals surface area (Å²) in [6.07, 6.45) is 1.83. The molecule has 0 saturated carbocycles. The first-order valence-electron chi connectivity index (χ1n) is 9.08. The van der Waals surface area contributed by atoms with Gasteiger partial charge in [0.1, 0.15) is 17.2 Å². The van der Waals surface area contributed by atoms with Crippen molar-refractivity contribution in [3.05, 3.63) is 41.3 Å². The Morgan fingerprint density at radius 2 is 2.04 bits per heavy atom. The first-order chi connectivity index (χ1) is 13.2. The molecule has 1 aliphatic rings. The second-order valence-corrected chi connectivity index (χ2v) is 7.21. The number of benzene rings is 1. The third kappa shape index (κ3) is 5.22. The second-order valence-electron chi connectivity index (χ2n) is 6.30. The van der Waals surface area contributed by atoms with E-state index in [2.05, 4.69) is 16.3 Å². The molecule has 1 amide bonds. The van der Waals surface area contributed by atoms with Gasteiger partial charge in [-0.05, 0) is 43.3 Å². The summed E-state index contributed by atoms with van der Waals surface area (Å²) in [7, 11) is 0. The smallest absolute Gasteiger partial charge is 0.239 e. The predicted molar refractivity (Wildman–Crippen MR) is 105 cm³/mol. The Bertz CT molecular complexity index is 807.